The average Bonchev–Trinajstić information content (AvgIpc) is 3.18. The van der Waals surface area contributed by atoms with Crippen molar-refractivity contribution in [3.8, 4) is 12.3 Å². The number of hydrogen-bond donors (Lipinski definition) is 0. The van der Waals surface area contributed by atoms with Gasteiger partial charge in [-0.05, 0) is 67.4 Å². The lowest BCUT2D eigenvalue weighted by atomic mass is 10.0. The molecule has 0 radical (unpaired) electrons. The van der Waals surface area contributed by atoms with E-state index in [1.807, 2.05) is 45.0 Å². The predicted octanol–water partition coefficient (Wildman–Crippen LogP) is 5.06. The van der Waals surface area contributed by atoms with Crippen LogP contribution in [0.2, 0.25) is 0 Å². The summed E-state index contributed by atoms with van der Waals surface area (Å²) in [6, 6.07) is 12.1. The quantitative estimate of drug-likeness (QED) is 0.265. The van der Waals surface area contributed by atoms with E-state index in [1.54, 1.807) is 17.3 Å². The summed E-state index contributed by atoms with van der Waals surface area (Å²) in [6.45, 7) is 14.3. The Morgan fingerprint density at radius 2 is 2.03 bits per heavy atom. The normalized spacial score (nSPS) is 11.9. The fraction of sp³-hybridized carbons (Fsp3) is 0.222. The van der Waals surface area contributed by atoms with Gasteiger partial charge in [0.25, 0.3) is 0 Å². The molecular weight excluding hydrogens is 412 g/mol. The molecule has 6 nitrogen and oxygen atoms in total. The Balaban J connectivity index is 1.72. The minimum absolute atomic E-state index is 0.246. The molecule has 0 aliphatic carbocycles. The second-order valence-electron chi connectivity index (χ2n) is 7.63. The number of hydrogen-bond acceptors (Lipinski definition) is 5. The second-order valence-corrected chi connectivity index (χ2v) is 7.63. The summed E-state index contributed by atoms with van der Waals surface area (Å²) in [7, 11) is 0. The maximum absolute atomic E-state index is 12.3. The predicted molar refractivity (Wildman–Crippen MR) is 134 cm³/mol. The highest BCUT2D eigenvalue weighted by Crippen LogP contribution is 2.20. The maximum atomic E-state index is 12.3. The molecular formula is C27H28N4O2. The number of aliphatic imine (C=N–C) groups is 1. The van der Waals surface area contributed by atoms with E-state index in [-0.39, 0.29) is 6.54 Å². The standard InChI is InChI=1S/C27H28N4O2/c1-7-22-10-12-24-13-11-23(17-25(24)16-22)14-15-31-27(32)33-26(29-31)18-30(9-3)21(6)19(4)20(5)28-8-2/h1,8-13,16-17H,3,6,14-15,18H2,2,4-5H3/b20-19+,28-8?. The van der Waals surface area contributed by atoms with Gasteiger partial charge in [0, 0.05) is 23.2 Å². The smallest absolute Gasteiger partial charge is 0.390 e. The zero-order valence-corrected chi connectivity index (χ0v) is 19.3. The van der Waals surface area contributed by atoms with Crippen LogP contribution in [0.25, 0.3) is 10.8 Å². The lowest BCUT2D eigenvalue weighted by Crippen LogP contribution is -2.18. The van der Waals surface area contributed by atoms with Crippen molar-refractivity contribution in [2.75, 3.05) is 0 Å². The number of nitrogens with zero attached hydrogens (tertiary/aromatic N) is 4. The first-order chi connectivity index (χ1) is 15.9. The fourth-order valence-electron chi connectivity index (χ4n) is 3.46. The van der Waals surface area contributed by atoms with Crippen LogP contribution in [0.15, 0.2) is 86.9 Å². The van der Waals surface area contributed by atoms with Gasteiger partial charge in [-0.25, -0.2) is 4.79 Å². The molecule has 0 fully saturated rings. The summed E-state index contributed by atoms with van der Waals surface area (Å²) in [5.74, 6) is 2.46. The van der Waals surface area contributed by atoms with Crippen LogP contribution in [-0.4, -0.2) is 20.9 Å². The number of allylic oxidation sites excluding steroid dienone is 2. The van der Waals surface area contributed by atoms with Gasteiger partial charge in [-0.1, -0.05) is 43.3 Å². The van der Waals surface area contributed by atoms with Crippen LogP contribution in [0.4, 0.5) is 0 Å². The summed E-state index contributed by atoms with van der Waals surface area (Å²) in [5.41, 5.74) is 4.41. The Labute approximate surface area is 194 Å². The van der Waals surface area contributed by atoms with Crippen LogP contribution in [0, 0.1) is 12.3 Å². The first-order valence-electron chi connectivity index (χ1n) is 10.7. The fourth-order valence-corrected chi connectivity index (χ4v) is 3.46. The number of rotatable bonds is 9. The van der Waals surface area contributed by atoms with Gasteiger partial charge in [-0.3, -0.25) is 4.99 Å². The first kappa shape index (κ1) is 23.6. The summed E-state index contributed by atoms with van der Waals surface area (Å²) >= 11 is 0. The van der Waals surface area contributed by atoms with Gasteiger partial charge in [0.05, 0.1) is 6.54 Å². The van der Waals surface area contributed by atoms with Gasteiger partial charge in [-0.2, -0.15) is 4.68 Å². The van der Waals surface area contributed by atoms with Gasteiger partial charge in [0.1, 0.15) is 6.54 Å². The van der Waals surface area contributed by atoms with E-state index in [0.717, 1.165) is 33.2 Å². The molecule has 2 aromatic carbocycles. The van der Waals surface area contributed by atoms with Crippen molar-refractivity contribution in [1.82, 2.24) is 14.7 Å². The third kappa shape index (κ3) is 5.58. The van der Waals surface area contributed by atoms with Crippen LogP contribution in [0.1, 0.15) is 37.8 Å². The second kappa shape index (κ2) is 10.5. The van der Waals surface area contributed by atoms with Crippen LogP contribution in [0.3, 0.4) is 0 Å². The van der Waals surface area contributed by atoms with E-state index in [4.69, 9.17) is 10.8 Å². The van der Waals surface area contributed by atoms with Gasteiger partial charge >= 0.3 is 5.76 Å². The molecule has 33 heavy (non-hydrogen) atoms. The molecule has 168 valence electrons. The molecule has 0 atom stereocenters. The highest BCUT2D eigenvalue weighted by Gasteiger charge is 2.15. The maximum Gasteiger partial charge on any atom is 0.437 e. The molecule has 0 aliphatic heterocycles. The minimum atomic E-state index is -0.492. The van der Waals surface area contributed by atoms with Crippen LogP contribution >= 0.6 is 0 Å². The molecule has 0 aliphatic rings. The van der Waals surface area contributed by atoms with E-state index >= 15 is 0 Å². The van der Waals surface area contributed by atoms with Gasteiger partial charge in [0.2, 0.25) is 5.89 Å². The van der Waals surface area contributed by atoms with Crippen LogP contribution in [-0.2, 0) is 19.5 Å². The highest BCUT2D eigenvalue weighted by molar-refractivity contribution is 5.84. The van der Waals surface area contributed by atoms with E-state index in [1.165, 1.54) is 4.68 Å². The van der Waals surface area contributed by atoms with E-state index < -0.39 is 5.76 Å². The van der Waals surface area contributed by atoms with Crippen molar-refractivity contribution >= 4 is 17.0 Å². The number of fused-ring (bicyclic) bond motifs is 1. The Morgan fingerprint density at radius 1 is 1.27 bits per heavy atom. The third-order valence-electron chi connectivity index (χ3n) is 5.50. The molecule has 1 heterocycles. The minimum Gasteiger partial charge on any atom is -0.390 e. The van der Waals surface area contributed by atoms with Crippen molar-refractivity contribution in [3.05, 3.63) is 100 Å². The Kier molecular flexibility index (Phi) is 7.47. The van der Waals surface area contributed by atoms with E-state index in [2.05, 4.69) is 41.3 Å². The van der Waals surface area contributed by atoms with Crippen molar-refractivity contribution in [2.24, 2.45) is 4.99 Å². The van der Waals surface area contributed by atoms with Crippen LogP contribution < -0.4 is 5.76 Å². The lowest BCUT2D eigenvalue weighted by Gasteiger charge is -2.21. The molecule has 0 saturated heterocycles. The largest absolute Gasteiger partial charge is 0.437 e. The first-order valence-corrected chi connectivity index (χ1v) is 10.7. The van der Waals surface area contributed by atoms with Gasteiger partial charge in [0.15, 0.2) is 0 Å². The Hall–Kier alpha value is -4.11. The number of benzene rings is 2. The lowest BCUT2D eigenvalue weighted by molar-refractivity contribution is 0.370. The van der Waals surface area contributed by atoms with E-state index in [0.29, 0.717) is 24.6 Å². The van der Waals surface area contributed by atoms with Gasteiger partial charge in [-0.15, -0.1) is 11.5 Å². The number of terminal acetylenes is 1. The molecule has 1 aromatic heterocycles. The topological polar surface area (TPSA) is 63.6 Å². The van der Waals surface area contributed by atoms with Gasteiger partial charge < -0.3 is 9.32 Å². The zero-order chi connectivity index (χ0) is 24.0. The molecule has 3 aromatic rings. The van der Waals surface area contributed by atoms with E-state index in [9.17, 15) is 4.79 Å². The molecule has 0 unspecified atom stereocenters. The SMILES string of the molecule is C#Cc1ccc2ccc(CCn3nc(CN(C=C)C(=C)/C(C)=C(\C)N=CC)oc3=O)cc2c1. The van der Waals surface area contributed by atoms with Crippen molar-refractivity contribution in [1.29, 1.82) is 0 Å². The highest BCUT2D eigenvalue weighted by atomic mass is 16.4. The summed E-state index contributed by atoms with van der Waals surface area (Å²) < 4.78 is 6.72. The molecule has 3 rings (SSSR count). The molecule has 0 saturated carbocycles. The molecule has 0 N–H and O–H groups in total. The van der Waals surface area contributed by atoms with Crippen molar-refractivity contribution in [3.63, 3.8) is 0 Å². The average molecular weight is 441 g/mol. The van der Waals surface area contributed by atoms with Crippen molar-refractivity contribution in [2.45, 2.75) is 40.3 Å². The number of aryl methyl sites for hydroxylation is 2. The summed E-state index contributed by atoms with van der Waals surface area (Å²) in [5, 5.41) is 6.55. The molecule has 0 amide bonds. The monoisotopic (exact) mass is 440 g/mol. The van der Waals surface area contributed by atoms with Crippen molar-refractivity contribution < 1.29 is 4.42 Å². The zero-order valence-electron chi connectivity index (χ0n) is 19.3. The Bertz CT molecular complexity index is 1350. The summed E-state index contributed by atoms with van der Waals surface area (Å²) in [4.78, 5) is 18.4. The molecule has 0 bridgehead atoms. The molecule has 6 heteroatoms. The summed E-state index contributed by atoms with van der Waals surface area (Å²) in [6.07, 6.45) is 9.51. The molecule has 0 spiro atoms. The Morgan fingerprint density at radius 3 is 2.73 bits per heavy atom. The third-order valence-corrected chi connectivity index (χ3v) is 5.50. The van der Waals surface area contributed by atoms with Crippen LogP contribution in [0.5, 0.6) is 0 Å². The number of aromatic nitrogens is 2.